The van der Waals surface area contributed by atoms with Crippen LogP contribution in [0, 0.1) is 0 Å². The summed E-state index contributed by atoms with van der Waals surface area (Å²) in [5.41, 5.74) is -0.00953. The number of furan rings is 1. The third kappa shape index (κ3) is 2.75. The van der Waals surface area contributed by atoms with Crippen LogP contribution < -0.4 is 5.32 Å². The SMILES string of the molecule is O=C(c1ccco1)N1CCC2(CC1)NC(=O)N(Cc1ccccc1)C2=O. The number of benzene rings is 1. The molecule has 0 radical (unpaired) electrons. The Hall–Kier alpha value is -3.09. The molecule has 4 amide bonds. The molecular formula is C19H19N3O4. The number of hydrogen-bond donors (Lipinski definition) is 1. The highest BCUT2D eigenvalue weighted by atomic mass is 16.3. The monoisotopic (exact) mass is 353 g/mol. The molecule has 1 spiro atoms. The van der Waals surface area contributed by atoms with Crippen LogP contribution in [-0.2, 0) is 11.3 Å². The Bertz CT molecular complexity index is 824. The van der Waals surface area contributed by atoms with Crippen LogP contribution in [0.4, 0.5) is 4.79 Å². The fourth-order valence-corrected chi connectivity index (χ4v) is 3.57. The smallest absolute Gasteiger partial charge is 0.325 e. The molecular weight excluding hydrogens is 334 g/mol. The molecule has 0 saturated carbocycles. The lowest BCUT2D eigenvalue weighted by atomic mass is 9.87. The second-order valence-corrected chi connectivity index (χ2v) is 6.66. The van der Waals surface area contributed by atoms with Gasteiger partial charge in [0.2, 0.25) is 0 Å². The largest absolute Gasteiger partial charge is 0.459 e. The molecule has 134 valence electrons. The van der Waals surface area contributed by atoms with Crippen molar-refractivity contribution < 1.29 is 18.8 Å². The van der Waals surface area contributed by atoms with E-state index in [1.807, 2.05) is 30.3 Å². The number of nitrogens with one attached hydrogen (secondary N) is 1. The first kappa shape index (κ1) is 16.4. The van der Waals surface area contributed by atoms with Gasteiger partial charge in [0, 0.05) is 13.1 Å². The maximum absolute atomic E-state index is 12.9. The lowest BCUT2D eigenvalue weighted by molar-refractivity contribution is -0.133. The van der Waals surface area contributed by atoms with E-state index in [9.17, 15) is 14.4 Å². The molecule has 7 heteroatoms. The number of piperidine rings is 1. The Morgan fingerprint density at radius 1 is 1.08 bits per heavy atom. The van der Waals surface area contributed by atoms with Crippen molar-refractivity contribution in [3.8, 4) is 0 Å². The summed E-state index contributed by atoms with van der Waals surface area (Å²) in [6, 6.07) is 12.3. The quantitative estimate of drug-likeness (QED) is 0.856. The molecule has 0 unspecified atom stereocenters. The first-order chi connectivity index (χ1) is 12.6. The third-order valence-electron chi connectivity index (χ3n) is 5.07. The molecule has 2 saturated heterocycles. The molecule has 26 heavy (non-hydrogen) atoms. The average Bonchev–Trinajstić information content (AvgIpc) is 3.27. The molecule has 0 atom stereocenters. The summed E-state index contributed by atoms with van der Waals surface area (Å²) in [4.78, 5) is 40.6. The predicted molar refractivity (Wildman–Crippen MR) is 92.1 cm³/mol. The van der Waals surface area contributed by atoms with Gasteiger partial charge in [-0.05, 0) is 30.5 Å². The normalized spacial score (nSPS) is 19.1. The van der Waals surface area contributed by atoms with Crippen molar-refractivity contribution in [2.24, 2.45) is 0 Å². The summed E-state index contributed by atoms with van der Waals surface area (Å²) < 4.78 is 5.15. The van der Waals surface area contributed by atoms with Crippen molar-refractivity contribution in [3.63, 3.8) is 0 Å². The topological polar surface area (TPSA) is 82.9 Å². The zero-order valence-electron chi connectivity index (χ0n) is 14.2. The summed E-state index contributed by atoms with van der Waals surface area (Å²) in [6.07, 6.45) is 2.26. The van der Waals surface area contributed by atoms with E-state index in [0.717, 1.165) is 5.56 Å². The standard InChI is InChI=1S/C19H19N3O4/c23-16(15-7-4-12-26-15)21-10-8-19(9-11-21)17(24)22(18(25)20-19)13-14-5-2-1-3-6-14/h1-7,12H,8-11,13H2,(H,20,25). The van der Waals surface area contributed by atoms with E-state index in [1.54, 1.807) is 17.0 Å². The van der Waals surface area contributed by atoms with Gasteiger partial charge < -0.3 is 14.6 Å². The van der Waals surface area contributed by atoms with Gasteiger partial charge in [0.25, 0.3) is 11.8 Å². The number of nitrogens with zero attached hydrogens (tertiary/aromatic N) is 2. The minimum Gasteiger partial charge on any atom is -0.459 e. The van der Waals surface area contributed by atoms with Gasteiger partial charge in [-0.15, -0.1) is 0 Å². The van der Waals surface area contributed by atoms with Crippen LogP contribution in [0.2, 0.25) is 0 Å². The van der Waals surface area contributed by atoms with Crippen LogP contribution in [0.5, 0.6) is 0 Å². The molecule has 1 N–H and O–H groups in total. The minimum atomic E-state index is -0.911. The summed E-state index contributed by atoms with van der Waals surface area (Å²) in [6.45, 7) is 1.04. The first-order valence-electron chi connectivity index (χ1n) is 8.60. The van der Waals surface area contributed by atoms with E-state index in [-0.39, 0.29) is 30.2 Å². The van der Waals surface area contributed by atoms with Crippen molar-refractivity contribution in [1.82, 2.24) is 15.1 Å². The van der Waals surface area contributed by atoms with Gasteiger partial charge in [0.1, 0.15) is 5.54 Å². The Morgan fingerprint density at radius 2 is 1.81 bits per heavy atom. The first-order valence-corrected chi connectivity index (χ1v) is 8.60. The van der Waals surface area contributed by atoms with Crippen molar-refractivity contribution in [2.75, 3.05) is 13.1 Å². The predicted octanol–water partition coefficient (Wildman–Crippen LogP) is 2.01. The van der Waals surface area contributed by atoms with Crippen molar-refractivity contribution >= 4 is 17.8 Å². The average molecular weight is 353 g/mol. The number of carbonyl (C=O) groups is 3. The zero-order chi connectivity index (χ0) is 18.1. The zero-order valence-corrected chi connectivity index (χ0v) is 14.2. The van der Waals surface area contributed by atoms with E-state index < -0.39 is 5.54 Å². The molecule has 0 bridgehead atoms. The lowest BCUT2D eigenvalue weighted by Gasteiger charge is -2.36. The molecule has 0 aliphatic carbocycles. The maximum Gasteiger partial charge on any atom is 0.325 e. The molecule has 2 aliphatic rings. The van der Waals surface area contributed by atoms with E-state index in [2.05, 4.69) is 5.32 Å². The fraction of sp³-hybridized carbons (Fsp3) is 0.316. The highest BCUT2D eigenvalue weighted by Crippen LogP contribution is 2.31. The minimum absolute atomic E-state index is 0.192. The molecule has 2 aromatic rings. The second kappa shape index (κ2) is 6.33. The molecule has 1 aromatic carbocycles. The van der Waals surface area contributed by atoms with Crippen LogP contribution in [0.15, 0.2) is 53.1 Å². The van der Waals surface area contributed by atoms with Gasteiger partial charge in [-0.25, -0.2) is 4.79 Å². The van der Waals surface area contributed by atoms with Gasteiger partial charge >= 0.3 is 6.03 Å². The number of imide groups is 1. The van der Waals surface area contributed by atoms with Crippen molar-refractivity contribution in [1.29, 1.82) is 0 Å². The molecule has 2 fully saturated rings. The Labute approximate surface area is 150 Å². The van der Waals surface area contributed by atoms with Gasteiger partial charge in [-0.3, -0.25) is 14.5 Å². The maximum atomic E-state index is 12.9. The number of rotatable bonds is 3. The summed E-state index contributed by atoms with van der Waals surface area (Å²) in [7, 11) is 0. The van der Waals surface area contributed by atoms with E-state index in [4.69, 9.17) is 4.42 Å². The number of amides is 4. The van der Waals surface area contributed by atoms with Gasteiger partial charge in [-0.1, -0.05) is 30.3 Å². The summed E-state index contributed by atoms with van der Waals surface area (Å²) in [5.74, 6) is -0.118. The summed E-state index contributed by atoms with van der Waals surface area (Å²) in [5, 5.41) is 2.86. The molecule has 1 aromatic heterocycles. The van der Waals surface area contributed by atoms with Crippen LogP contribution in [-0.4, -0.2) is 46.3 Å². The number of urea groups is 1. The fourth-order valence-electron chi connectivity index (χ4n) is 3.57. The highest BCUT2D eigenvalue weighted by molar-refractivity contribution is 6.07. The van der Waals surface area contributed by atoms with E-state index in [1.165, 1.54) is 11.2 Å². The van der Waals surface area contributed by atoms with Gasteiger partial charge in [-0.2, -0.15) is 0 Å². The van der Waals surface area contributed by atoms with Gasteiger partial charge in [0.15, 0.2) is 5.76 Å². The second-order valence-electron chi connectivity index (χ2n) is 6.66. The molecule has 7 nitrogen and oxygen atoms in total. The Morgan fingerprint density at radius 3 is 2.46 bits per heavy atom. The van der Waals surface area contributed by atoms with Crippen molar-refractivity contribution in [2.45, 2.75) is 24.9 Å². The van der Waals surface area contributed by atoms with E-state index in [0.29, 0.717) is 25.9 Å². The molecule has 2 aliphatic heterocycles. The number of hydrogen-bond acceptors (Lipinski definition) is 4. The lowest BCUT2D eigenvalue weighted by Crippen LogP contribution is -2.55. The number of likely N-dealkylation sites (tertiary alicyclic amines) is 1. The number of carbonyl (C=O) groups excluding carboxylic acids is 3. The third-order valence-corrected chi connectivity index (χ3v) is 5.07. The van der Waals surface area contributed by atoms with E-state index >= 15 is 0 Å². The molecule has 3 heterocycles. The van der Waals surface area contributed by atoms with Crippen molar-refractivity contribution in [3.05, 3.63) is 60.1 Å². The van der Waals surface area contributed by atoms with Gasteiger partial charge in [0.05, 0.1) is 12.8 Å². The Kier molecular flexibility index (Phi) is 3.99. The van der Waals surface area contributed by atoms with Crippen LogP contribution >= 0.6 is 0 Å². The van der Waals surface area contributed by atoms with Crippen LogP contribution in [0.25, 0.3) is 0 Å². The Balaban J connectivity index is 1.44. The summed E-state index contributed by atoms with van der Waals surface area (Å²) >= 11 is 0. The highest BCUT2D eigenvalue weighted by Gasteiger charge is 2.52. The van der Waals surface area contributed by atoms with Crippen LogP contribution in [0.1, 0.15) is 29.0 Å². The molecule has 4 rings (SSSR count). The van der Waals surface area contributed by atoms with Crippen LogP contribution in [0.3, 0.4) is 0 Å².